The fourth-order valence-corrected chi connectivity index (χ4v) is 2.96. The third-order valence-corrected chi connectivity index (χ3v) is 4.34. The van der Waals surface area contributed by atoms with Crippen molar-refractivity contribution in [3.05, 3.63) is 78.4 Å². The number of para-hydroxylation sites is 1. The molecular weight excluding hydrogens is 358 g/mol. The van der Waals surface area contributed by atoms with E-state index in [1.165, 1.54) is 23.1 Å². The highest BCUT2D eigenvalue weighted by atomic mass is 16.3. The van der Waals surface area contributed by atoms with E-state index in [0.717, 1.165) is 11.3 Å². The van der Waals surface area contributed by atoms with Gasteiger partial charge >= 0.3 is 0 Å². The smallest absolute Gasteiger partial charge is 0.255 e. The molecule has 2 N–H and O–H groups in total. The average molecular weight is 375 g/mol. The van der Waals surface area contributed by atoms with Crippen molar-refractivity contribution < 1.29 is 9.90 Å². The molecule has 2 aromatic carbocycles. The van der Waals surface area contributed by atoms with Crippen LogP contribution in [0.5, 0.6) is 5.75 Å². The summed E-state index contributed by atoms with van der Waals surface area (Å²) in [6, 6.07) is 13.9. The lowest BCUT2D eigenvalue weighted by Crippen LogP contribution is -2.27. The number of nitrogens with one attached hydrogen (secondary N) is 1. The van der Waals surface area contributed by atoms with Crippen LogP contribution in [0.15, 0.2) is 67.3 Å². The molecule has 0 spiro atoms. The van der Waals surface area contributed by atoms with E-state index in [1.54, 1.807) is 16.9 Å². The maximum atomic E-state index is 12.7. The SMILES string of the molecule is C[C@H](NC(=O)c1ccc(-n2cnnn2)cc1O)c1ccccc1-n1cccn1. The summed E-state index contributed by atoms with van der Waals surface area (Å²) in [5.41, 5.74) is 2.50. The second-order valence-electron chi connectivity index (χ2n) is 6.16. The van der Waals surface area contributed by atoms with Gasteiger partial charge in [0.2, 0.25) is 0 Å². The molecule has 0 aliphatic carbocycles. The topological polar surface area (TPSA) is 111 Å². The molecule has 0 fully saturated rings. The van der Waals surface area contributed by atoms with Gasteiger partial charge in [0, 0.05) is 18.5 Å². The molecule has 0 aliphatic heterocycles. The van der Waals surface area contributed by atoms with Crippen molar-refractivity contribution in [2.24, 2.45) is 0 Å². The lowest BCUT2D eigenvalue weighted by Gasteiger charge is -2.18. The molecule has 9 nitrogen and oxygen atoms in total. The van der Waals surface area contributed by atoms with Crippen molar-refractivity contribution in [3.63, 3.8) is 0 Å². The minimum atomic E-state index is -0.386. The maximum Gasteiger partial charge on any atom is 0.255 e. The second kappa shape index (κ2) is 7.31. The van der Waals surface area contributed by atoms with Crippen LogP contribution in [0.2, 0.25) is 0 Å². The van der Waals surface area contributed by atoms with Gasteiger partial charge in [0.15, 0.2) is 0 Å². The molecule has 28 heavy (non-hydrogen) atoms. The number of amides is 1. The first-order valence-corrected chi connectivity index (χ1v) is 8.59. The van der Waals surface area contributed by atoms with Crippen molar-refractivity contribution in [2.75, 3.05) is 0 Å². The number of rotatable bonds is 5. The third-order valence-electron chi connectivity index (χ3n) is 4.34. The third kappa shape index (κ3) is 3.32. The van der Waals surface area contributed by atoms with Crippen LogP contribution in [-0.4, -0.2) is 41.0 Å². The highest BCUT2D eigenvalue weighted by molar-refractivity contribution is 5.97. The number of hydrogen-bond acceptors (Lipinski definition) is 6. The molecule has 1 atom stereocenters. The zero-order valence-corrected chi connectivity index (χ0v) is 15.0. The maximum absolute atomic E-state index is 12.7. The summed E-state index contributed by atoms with van der Waals surface area (Å²) < 4.78 is 3.14. The van der Waals surface area contributed by atoms with Crippen molar-refractivity contribution in [2.45, 2.75) is 13.0 Å². The number of aromatic nitrogens is 6. The van der Waals surface area contributed by atoms with Gasteiger partial charge in [-0.1, -0.05) is 18.2 Å². The predicted octanol–water partition coefficient (Wildman–Crippen LogP) is 2.04. The van der Waals surface area contributed by atoms with Gasteiger partial charge in [0.25, 0.3) is 5.91 Å². The summed E-state index contributed by atoms with van der Waals surface area (Å²) in [6.07, 6.45) is 4.95. The minimum Gasteiger partial charge on any atom is -0.507 e. The summed E-state index contributed by atoms with van der Waals surface area (Å²) in [5.74, 6) is -0.540. The summed E-state index contributed by atoms with van der Waals surface area (Å²) in [7, 11) is 0. The van der Waals surface area contributed by atoms with Crippen molar-refractivity contribution >= 4 is 5.91 Å². The van der Waals surface area contributed by atoms with Gasteiger partial charge in [-0.3, -0.25) is 4.79 Å². The standard InChI is InChI=1S/C19H17N7O2/c1-13(15-5-2-3-6-17(15)25-10-4-9-21-25)22-19(28)16-8-7-14(11-18(16)27)26-12-20-23-24-26/h2-13,27H,1H3,(H,22,28)/t13-/m0/s1. The number of carbonyl (C=O) groups is 1. The van der Waals surface area contributed by atoms with E-state index in [0.29, 0.717) is 5.69 Å². The lowest BCUT2D eigenvalue weighted by atomic mass is 10.0. The Morgan fingerprint density at radius 2 is 2.00 bits per heavy atom. The highest BCUT2D eigenvalue weighted by Gasteiger charge is 2.18. The Balaban J connectivity index is 1.56. The molecule has 9 heteroatoms. The molecule has 1 amide bonds. The summed E-state index contributed by atoms with van der Waals surface area (Å²) in [6.45, 7) is 1.88. The number of aromatic hydroxyl groups is 1. The molecule has 140 valence electrons. The van der Waals surface area contributed by atoms with Gasteiger partial charge in [-0.05, 0) is 47.2 Å². The lowest BCUT2D eigenvalue weighted by molar-refractivity contribution is 0.0937. The first kappa shape index (κ1) is 17.4. The predicted molar refractivity (Wildman–Crippen MR) is 100 cm³/mol. The molecule has 4 aromatic rings. The summed E-state index contributed by atoms with van der Waals surface area (Å²) >= 11 is 0. The fourth-order valence-electron chi connectivity index (χ4n) is 2.96. The van der Waals surface area contributed by atoms with Crippen molar-refractivity contribution in [1.29, 1.82) is 0 Å². The van der Waals surface area contributed by atoms with E-state index in [2.05, 4.69) is 25.9 Å². The number of benzene rings is 2. The number of phenols is 1. The van der Waals surface area contributed by atoms with Gasteiger partial charge in [0.05, 0.1) is 23.0 Å². The zero-order valence-electron chi connectivity index (χ0n) is 15.0. The molecule has 0 unspecified atom stereocenters. The van der Waals surface area contributed by atoms with Gasteiger partial charge in [0.1, 0.15) is 12.1 Å². The van der Waals surface area contributed by atoms with Crippen LogP contribution in [0.1, 0.15) is 28.9 Å². The van der Waals surface area contributed by atoms with Gasteiger partial charge in [-0.25, -0.2) is 9.36 Å². The quantitative estimate of drug-likeness (QED) is 0.552. The fraction of sp³-hybridized carbons (Fsp3) is 0.105. The van der Waals surface area contributed by atoms with Crippen molar-refractivity contribution in [3.8, 4) is 17.1 Å². The van der Waals surface area contributed by atoms with Crippen LogP contribution in [0.3, 0.4) is 0 Å². The summed E-state index contributed by atoms with van der Waals surface area (Å²) in [5, 5.41) is 28.3. The van der Waals surface area contributed by atoms with E-state index in [9.17, 15) is 9.90 Å². The van der Waals surface area contributed by atoms with Crippen LogP contribution in [0.25, 0.3) is 11.4 Å². The first-order valence-electron chi connectivity index (χ1n) is 8.59. The second-order valence-corrected chi connectivity index (χ2v) is 6.16. The van der Waals surface area contributed by atoms with Crippen molar-refractivity contribution in [1.82, 2.24) is 35.3 Å². The van der Waals surface area contributed by atoms with Crippen LogP contribution in [0, 0.1) is 0 Å². The Morgan fingerprint density at radius 3 is 2.71 bits per heavy atom. The number of tetrazole rings is 1. The zero-order chi connectivity index (χ0) is 19.5. The summed E-state index contributed by atoms with van der Waals surface area (Å²) in [4.78, 5) is 12.7. The molecule has 0 saturated carbocycles. The van der Waals surface area contributed by atoms with Crippen LogP contribution >= 0.6 is 0 Å². The minimum absolute atomic E-state index is 0.155. The Labute approximate surface area is 160 Å². The van der Waals surface area contributed by atoms with Gasteiger partial charge in [-0.2, -0.15) is 5.10 Å². The monoisotopic (exact) mass is 375 g/mol. The van der Waals surface area contributed by atoms with E-state index in [4.69, 9.17) is 0 Å². The van der Waals surface area contributed by atoms with Gasteiger partial charge < -0.3 is 10.4 Å². The molecular formula is C19H17N7O2. The molecule has 0 saturated heterocycles. The normalized spacial score (nSPS) is 11.9. The molecule has 0 radical (unpaired) electrons. The molecule has 2 aromatic heterocycles. The average Bonchev–Trinajstić information content (AvgIpc) is 3.42. The highest BCUT2D eigenvalue weighted by Crippen LogP contribution is 2.24. The Hall–Kier alpha value is -4.01. The van der Waals surface area contributed by atoms with E-state index >= 15 is 0 Å². The van der Waals surface area contributed by atoms with E-state index in [1.807, 2.05) is 43.5 Å². The number of phenolic OH excluding ortho intramolecular Hbond substituents is 1. The van der Waals surface area contributed by atoms with Gasteiger partial charge in [-0.15, -0.1) is 5.10 Å². The molecule has 0 aliphatic rings. The molecule has 4 rings (SSSR count). The van der Waals surface area contributed by atoms with Crippen LogP contribution in [0.4, 0.5) is 0 Å². The van der Waals surface area contributed by atoms with Crippen LogP contribution < -0.4 is 5.32 Å². The first-order chi connectivity index (χ1) is 13.6. The largest absolute Gasteiger partial charge is 0.507 e. The number of hydrogen-bond donors (Lipinski definition) is 2. The molecule has 2 heterocycles. The molecule has 0 bridgehead atoms. The number of carbonyl (C=O) groups excluding carboxylic acids is 1. The van der Waals surface area contributed by atoms with E-state index < -0.39 is 0 Å². The Kier molecular flexibility index (Phi) is 4.55. The Morgan fingerprint density at radius 1 is 1.14 bits per heavy atom. The van der Waals surface area contributed by atoms with Crippen LogP contribution in [-0.2, 0) is 0 Å². The Bertz CT molecular complexity index is 1090. The number of nitrogens with zero attached hydrogens (tertiary/aromatic N) is 6. The van der Waals surface area contributed by atoms with E-state index in [-0.39, 0.29) is 23.3 Å².